The van der Waals surface area contributed by atoms with Crippen LogP contribution in [0.1, 0.15) is 36.7 Å². The standard InChI is InChI=1S/C12H13FN2O/c1-12(2,3)15-11(16)9-4-8(7-14)5-10(13)6-9/h4-6H,1-3H3,(H,15,16). The molecule has 0 aliphatic carbocycles. The van der Waals surface area contributed by atoms with Crippen molar-refractivity contribution in [3.05, 3.63) is 35.1 Å². The summed E-state index contributed by atoms with van der Waals surface area (Å²) in [5.41, 5.74) is -0.0959. The van der Waals surface area contributed by atoms with Gasteiger partial charge < -0.3 is 5.32 Å². The first kappa shape index (κ1) is 12.2. The zero-order valence-corrected chi connectivity index (χ0v) is 9.47. The minimum atomic E-state index is -0.585. The lowest BCUT2D eigenvalue weighted by molar-refractivity contribution is 0.0919. The van der Waals surface area contributed by atoms with E-state index in [0.717, 1.165) is 12.1 Å². The molecule has 0 aromatic heterocycles. The van der Waals surface area contributed by atoms with Gasteiger partial charge in [0.1, 0.15) is 5.82 Å². The second kappa shape index (κ2) is 4.31. The minimum Gasteiger partial charge on any atom is -0.347 e. The molecule has 0 radical (unpaired) electrons. The van der Waals surface area contributed by atoms with Crippen LogP contribution in [0.15, 0.2) is 18.2 Å². The Kier molecular flexibility index (Phi) is 3.28. The van der Waals surface area contributed by atoms with Crippen LogP contribution in [-0.4, -0.2) is 11.4 Å². The van der Waals surface area contributed by atoms with Crippen LogP contribution in [-0.2, 0) is 0 Å². The van der Waals surface area contributed by atoms with Gasteiger partial charge in [0.2, 0.25) is 0 Å². The highest BCUT2D eigenvalue weighted by molar-refractivity contribution is 5.95. The van der Waals surface area contributed by atoms with E-state index in [-0.39, 0.29) is 17.0 Å². The van der Waals surface area contributed by atoms with Gasteiger partial charge in [-0.2, -0.15) is 5.26 Å². The number of hydrogen-bond donors (Lipinski definition) is 1. The lowest BCUT2D eigenvalue weighted by atomic mass is 10.1. The van der Waals surface area contributed by atoms with Crippen LogP contribution in [0.25, 0.3) is 0 Å². The summed E-state index contributed by atoms with van der Waals surface area (Å²) in [5.74, 6) is -0.971. The number of nitrogens with one attached hydrogen (secondary N) is 1. The Labute approximate surface area is 93.9 Å². The van der Waals surface area contributed by atoms with Gasteiger partial charge in [0, 0.05) is 11.1 Å². The van der Waals surface area contributed by atoms with E-state index in [1.54, 1.807) is 6.07 Å². The maximum Gasteiger partial charge on any atom is 0.251 e. The van der Waals surface area contributed by atoms with Crippen LogP contribution in [0.4, 0.5) is 4.39 Å². The molecule has 4 heteroatoms. The number of carbonyl (C=O) groups is 1. The number of rotatable bonds is 1. The number of amides is 1. The molecule has 0 bridgehead atoms. The predicted molar refractivity (Wildman–Crippen MR) is 58.3 cm³/mol. The Morgan fingerprint density at radius 1 is 1.38 bits per heavy atom. The Balaban J connectivity index is 3.01. The molecular weight excluding hydrogens is 207 g/mol. The fourth-order valence-corrected chi connectivity index (χ4v) is 1.20. The molecular formula is C12H13FN2O. The van der Waals surface area contributed by atoms with Gasteiger partial charge in [-0.3, -0.25) is 4.79 Å². The maximum atomic E-state index is 13.1. The summed E-state index contributed by atoms with van der Waals surface area (Å²) in [7, 11) is 0. The minimum absolute atomic E-state index is 0.138. The Bertz CT molecular complexity index is 455. The first-order chi connectivity index (χ1) is 7.31. The Morgan fingerprint density at radius 2 is 2.00 bits per heavy atom. The second-order valence-corrected chi connectivity index (χ2v) is 4.54. The highest BCUT2D eigenvalue weighted by atomic mass is 19.1. The van der Waals surface area contributed by atoms with Crippen molar-refractivity contribution in [2.45, 2.75) is 26.3 Å². The smallest absolute Gasteiger partial charge is 0.251 e. The number of benzene rings is 1. The molecule has 0 fully saturated rings. The van der Waals surface area contributed by atoms with E-state index in [0.29, 0.717) is 0 Å². The van der Waals surface area contributed by atoms with Gasteiger partial charge in [-0.25, -0.2) is 4.39 Å². The third kappa shape index (κ3) is 3.35. The van der Waals surface area contributed by atoms with Crippen LogP contribution in [0.5, 0.6) is 0 Å². The molecule has 0 spiro atoms. The third-order valence-corrected chi connectivity index (χ3v) is 1.78. The van der Waals surface area contributed by atoms with Crippen molar-refractivity contribution in [3.63, 3.8) is 0 Å². The predicted octanol–water partition coefficient (Wildman–Crippen LogP) is 2.23. The lowest BCUT2D eigenvalue weighted by Crippen LogP contribution is -2.40. The number of hydrogen-bond acceptors (Lipinski definition) is 2. The van der Waals surface area contributed by atoms with Gasteiger partial charge >= 0.3 is 0 Å². The van der Waals surface area contributed by atoms with Crippen molar-refractivity contribution < 1.29 is 9.18 Å². The summed E-state index contributed by atoms with van der Waals surface area (Å²) in [5, 5.41) is 11.4. The van der Waals surface area contributed by atoms with E-state index in [9.17, 15) is 9.18 Å². The fourth-order valence-electron chi connectivity index (χ4n) is 1.20. The highest BCUT2D eigenvalue weighted by Crippen LogP contribution is 2.10. The zero-order valence-electron chi connectivity index (χ0n) is 9.47. The normalized spacial score (nSPS) is 10.7. The summed E-state index contributed by atoms with van der Waals surface area (Å²) in [4.78, 5) is 11.7. The number of halogens is 1. The van der Waals surface area contributed by atoms with Crippen LogP contribution in [0, 0.1) is 17.1 Å². The summed E-state index contributed by atoms with van der Waals surface area (Å²) >= 11 is 0. The molecule has 0 heterocycles. The van der Waals surface area contributed by atoms with Crippen molar-refractivity contribution in [2.75, 3.05) is 0 Å². The van der Waals surface area contributed by atoms with Crippen molar-refractivity contribution in [2.24, 2.45) is 0 Å². The van der Waals surface area contributed by atoms with Crippen molar-refractivity contribution >= 4 is 5.91 Å². The van der Waals surface area contributed by atoms with Crippen LogP contribution in [0.2, 0.25) is 0 Å². The van der Waals surface area contributed by atoms with Crippen LogP contribution < -0.4 is 5.32 Å². The lowest BCUT2D eigenvalue weighted by Gasteiger charge is -2.20. The zero-order chi connectivity index (χ0) is 12.3. The molecule has 1 rings (SSSR count). The fraction of sp³-hybridized carbons (Fsp3) is 0.333. The molecule has 0 saturated carbocycles. The quantitative estimate of drug-likeness (QED) is 0.789. The molecule has 0 aliphatic rings. The van der Waals surface area contributed by atoms with Gasteiger partial charge in [0.05, 0.1) is 11.6 Å². The molecule has 0 unspecified atom stereocenters. The topological polar surface area (TPSA) is 52.9 Å². The highest BCUT2D eigenvalue weighted by Gasteiger charge is 2.16. The molecule has 1 aromatic carbocycles. The van der Waals surface area contributed by atoms with E-state index in [1.807, 2.05) is 20.8 Å². The monoisotopic (exact) mass is 220 g/mol. The molecule has 16 heavy (non-hydrogen) atoms. The van der Waals surface area contributed by atoms with Crippen molar-refractivity contribution in [1.29, 1.82) is 5.26 Å². The molecule has 3 nitrogen and oxygen atoms in total. The molecule has 0 aliphatic heterocycles. The Morgan fingerprint density at radius 3 is 2.50 bits per heavy atom. The molecule has 0 atom stereocenters. The van der Waals surface area contributed by atoms with Gasteiger partial charge in [0.25, 0.3) is 5.91 Å². The summed E-state index contributed by atoms with van der Waals surface area (Å²) in [6.45, 7) is 5.49. The number of carbonyl (C=O) groups excluding carboxylic acids is 1. The number of nitrogens with zero attached hydrogens (tertiary/aromatic N) is 1. The van der Waals surface area contributed by atoms with E-state index in [2.05, 4.69) is 5.32 Å². The molecule has 1 amide bonds. The van der Waals surface area contributed by atoms with Crippen molar-refractivity contribution in [1.82, 2.24) is 5.32 Å². The van der Waals surface area contributed by atoms with Crippen molar-refractivity contribution in [3.8, 4) is 6.07 Å². The van der Waals surface area contributed by atoms with Gasteiger partial charge in [-0.15, -0.1) is 0 Å². The van der Waals surface area contributed by atoms with Gasteiger partial charge in [-0.05, 0) is 39.0 Å². The third-order valence-electron chi connectivity index (χ3n) is 1.78. The van der Waals surface area contributed by atoms with Gasteiger partial charge in [-0.1, -0.05) is 0 Å². The molecule has 1 N–H and O–H groups in total. The van der Waals surface area contributed by atoms with E-state index < -0.39 is 11.4 Å². The average molecular weight is 220 g/mol. The SMILES string of the molecule is CC(C)(C)NC(=O)c1cc(F)cc(C#N)c1. The molecule has 1 aromatic rings. The van der Waals surface area contributed by atoms with Gasteiger partial charge in [0.15, 0.2) is 0 Å². The van der Waals surface area contributed by atoms with Crippen LogP contribution in [0.3, 0.4) is 0 Å². The summed E-state index contributed by atoms with van der Waals surface area (Å²) in [6.07, 6.45) is 0. The Hall–Kier alpha value is -1.89. The largest absolute Gasteiger partial charge is 0.347 e. The molecule has 84 valence electrons. The summed E-state index contributed by atoms with van der Waals surface area (Å²) in [6, 6.07) is 5.38. The van der Waals surface area contributed by atoms with E-state index in [1.165, 1.54) is 6.07 Å². The van der Waals surface area contributed by atoms with E-state index >= 15 is 0 Å². The van der Waals surface area contributed by atoms with E-state index in [4.69, 9.17) is 5.26 Å². The molecule has 0 saturated heterocycles. The van der Waals surface area contributed by atoms with Crippen LogP contribution >= 0.6 is 0 Å². The maximum absolute atomic E-state index is 13.1. The number of nitriles is 1. The first-order valence-electron chi connectivity index (χ1n) is 4.85. The average Bonchev–Trinajstić information content (AvgIpc) is 2.14. The summed E-state index contributed by atoms with van der Waals surface area (Å²) < 4.78 is 13.1. The second-order valence-electron chi connectivity index (χ2n) is 4.54. The first-order valence-corrected chi connectivity index (χ1v) is 4.85.